The molecule has 0 unspecified atom stereocenters. The maximum absolute atomic E-state index is 12.9. The highest BCUT2D eigenvalue weighted by atomic mass is 32.2. The Morgan fingerprint density at radius 3 is 2.73 bits per heavy atom. The Labute approximate surface area is 161 Å². The molecule has 2 aromatic rings. The summed E-state index contributed by atoms with van der Waals surface area (Å²) >= 11 is 6.61. The summed E-state index contributed by atoms with van der Waals surface area (Å²) in [6.07, 6.45) is 2.70. The predicted octanol–water partition coefficient (Wildman–Crippen LogP) is 5.02. The molecule has 1 saturated heterocycles. The number of halogens is 1. The van der Waals surface area contributed by atoms with Gasteiger partial charge in [0, 0.05) is 6.54 Å². The van der Waals surface area contributed by atoms with Gasteiger partial charge < -0.3 is 4.74 Å². The predicted molar refractivity (Wildman–Crippen MR) is 107 cm³/mol. The van der Waals surface area contributed by atoms with Crippen molar-refractivity contribution < 1.29 is 13.9 Å². The number of carbonyl (C=O) groups is 1. The maximum atomic E-state index is 12.9. The largest absolute Gasteiger partial charge is 0.489 e. The third-order valence-electron chi connectivity index (χ3n) is 3.80. The molecule has 0 saturated carbocycles. The monoisotopic (exact) mass is 387 g/mol. The Kier molecular flexibility index (Phi) is 6.06. The fraction of sp³-hybridized carbons (Fsp3) is 0.200. The molecular formula is C20H18FNO2S2. The lowest BCUT2D eigenvalue weighted by molar-refractivity contribution is -0.122. The first-order valence-corrected chi connectivity index (χ1v) is 9.52. The molecule has 1 fully saturated rings. The van der Waals surface area contributed by atoms with Crippen LogP contribution in [0.5, 0.6) is 5.75 Å². The van der Waals surface area contributed by atoms with Gasteiger partial charge in [-0.3, -0.25) is 9.69 Å². The highest BCUT2D eigenvalue weighted by molar-refractivity contribution is 8.26. The summed E-state index contributed by atoms with van der Waals surface area (Å²) in [7, 11) is 0. The minimum absolute atomic E-state index is 0.0421. The van der Waals surface area contributed by atoms with Crippen molar-refractivity contribution in [3.8, 4) is 5.75 Å². The SMILES string of the molecule is CCCN1C(=O)/C(=C\c2cccc(OCc3ccc(F)cc3)c2)SC1=S. The molecule has 3 rings (SSSR count). The van der Waals surface area contributed by atoms with Gasteiger partial charge in [-0.25, -0.2) is 4.39 Å². The van der Waals surface area contributed by atoms with Crippen molar-refractivity contribution in [2.24, 2.45) is 0 Å². The fourth-order valence-corrected chi connectivity index (χ4v) is 3.82. The number of nitrogens with zero attached hydrogens (tertiary/aromatic N) is 1. The van der Waals surface area contributed by atoms with E-state index < -0.39 is 0 Å². The van der Waals surface area contributed by atoms with E-state index in [1.54, 1.807) is 17.0 Å². The number of thiocarbonyl (C=S) groups is 1. The third-order valence-corrected chi connectivity index (χ3v) is 5.17. The summed E-state index contributed by atoms with van der Waals surface area (Å²) in [4.78, 5) is 14.7. The lowest BCUT2D eigenvalue weighted by Crippen LogP contribution is -2.28. The fourth-order valence-electron chi connectivity index (χ4n) is 2.51. The molecule has 0 atom stereocenters. The van der Waals surface area contributed by atoms with Crippen LogP contribution in [0.25, 0.3) is 6.08 Å². The molecule has 1 aliphatic heterocycles. The van der Waals surface area contributed by atoms with E-state index in [2.05, 4.69) is 0 Å². The van der Waals surface area contributed by atoms with Crippen LogP contribution in [0, 0.1) is 5.82 Å². The zero-order valence-electron chi connectivity index (χ0n) is 14.3. The molecule has 0 spiro atoms. The number of hydrogen-bond acceptors (Lipinski definition) is 4. The number of ether oxygens (including phenoxy) is 1. The van der Waals surface area contributed by atoms with E-state index in [4.69, 9.17) is 17.0 Å². The first kappa shape index (κ1) is 18.6. The van der Waals surface area contributed by atoms with E-state index in [1.807, 2.05) is 37.3 Å². The summed E-state index contributed by atoms with van der Waals surface area (Å²) in [6.45, 7) is 3.01. The van der Waals surface area contributed by atoms with Crippen LogP contribution in [0.2, 0.25) is 0 Å². The summed E-state index contributed by atoms with van der Waals surface area (Å²) < 4.78 is 19.3. The normalized spacial score (nSPS) is 15.8. The summed E-state index contributed by atoms with van der Waals surface area (Å²) in [5.41, 5.74) is 1.76. The Morgan fingerprint density at radius 1 is 1.23 bits per heavy atom. The van der Waals surface area contributed by atoms with Gasteiger partial charge >= 0.3 is 0 Å². The van der Waals surface area contributed by atoms with Crippen LogP contribution < -0.4 is 4.74 Å². The van der Waals surface area contributed by atoms with E-state index in [9.17, 15) is 9.18 Å². The Morgan fingerprint density at radius 2 is 2.00 bits per heavy atom. The smallest absolute Gasteiger partial charge is 0.266 e. The molecule has 26 heavy (non-hydrogen) atoms. The van der Waals surface area contributed by atoms with E-state index in [-0.39, 0.29) is 11.7 Å². The molecule has 0 aromatic heterocycles. The highest BCUT2D eigenvalue weighted by Crippen LogP contribution is 2.33. The molecule has 0 N–H and O–H groups in total. The lowest BCUT2D eigenvalue weighted by Gasteiger charge is -2.12. The number of benzene rings is 2. The summed E-state index contributed by atoms with van der Waals surface area (Å²) in [6, 6.07) is 13.7. The molecule has 2 aromatic carbocycles. The zero-order chi connectivity index (χ0) is 18.5. The molecular weight excluding hydrogens is 369 g/mol. The third kappa shape index (κ3) is 4.51. The standard InChI is InChI=1S/C20H18FNO2S2/c1-2-10-22-19(23)18(26-20(22)25)12-15-4-3-5-17(11-15)24-13-14-6-8-16(21)9-7-14/h3-9,11-12H,2,10,13H2,1H3/b18-12+. The first-order valence-electron chi connectivity index (χ1n) is 8.29. The Balaban J connectivity index is 1.70. The van der Waals surface area contributed by atoms with Crippen molar-refractivity contribution in [3.05, 3.63) is 70.4 Å². The van der Waals surface area contributed by atoms with Crippen LogP contribution in [0.4, 0.5) is 4.39 Å². The molecule has 1 heterocycles. The van der Waals surface area contributed by atoms with Crippen LogP contribution in [-0.2, 0) is 11.4 Å². The van der Waals surface area contributed by atoms with Crippen LogP contribution >= 0.6 is 24.0 Å². The minimum atomic E-state index is -0.267. The van der Waals surface area contributed by atoms with Gasteiger partial charge in [-0.2, -0.15) is 0 Å². The maximum Gasteiger partial charge on any atom is 0.266 e. The van der Waals surface area contributed by atoms with Gasteiger partial charge in [0.25, 0.3) is 5.91 Å². The van der Waals surface area contributed by atoms with Crippen molar-refractivity contribution in [2.45, 2.75) is 20.0 Å². The van der Waals surface area contributed by atoms with E-state index >= 15 is 0 Å². The van der Waals surface area contributed by atoms with E-state index in [1.165, 1.54) is 23.9 Å². The van der Waals surface area contributed by atoms with Gasteiger partial charge in [-0.1, -0.05) is 55.2 Å². The van der Waals surface area contributed by atoms with Crippen molar-refractivity contribution in [2.75, 3.05) is 6.54 Å². The van der Waals surface area contributed by atoms with Gasteiger partial charge in [-0.15, -0.1) is 0 Å². The van der Waals surface area contributed by atoms with Crippen molar-refractivity contribution >= 4 is 40.3 Å². The number of rotatable bonds is 6. The molecule has 0 radical (unpaired) electrons. The van der Waals surface area contributed by atoms with Crippen molar-refractivity contribution in [1.82, 2.24) is 4.90 Å². The number of thioether (sulfide) groups is 1. The quantitative estimate of drug-likeness (QED) is 0.514. The van der Waals surface area contributed by atoms with E-state index in [0.29, 0.717) is 28.1 Å². The van der Waals surface area contributed by atoms with Gasteiger partial charge in [0.2, 0.25) is 0 Å². The summed E-state index contributed by atoms with van der Waals surface area (Å²) in [5, 5.41) is 0. The molecule has 3 nitrogen and oxygen atoms in total. The Hall–Kier alpha value is -2.18. The summed E-state index contributed by atoms with van der Waals surface area (Å²) in [5.74, 6) is 0.378. The number of hydrogen-bond donors (Lipinski definition) is 0. The van der Waals surface area contributed by atoms with Gasteiger partial charge in [0.1, 0.15) is 22.5 Å². The van der Waals surface area contributed by atoms with E-state index in [0.717, 1.165) is 17.5 Å². The second-order valence-electron chi connectivity index (χ2n) is 5.82. The molecule has 134 valence electrons. The number of carbonyl (C=O) groups excluding carboxylic acids is 1. The second-order valence-corrected chi connectivity index (χ2v) is 7.50. The molecule has 0 bridgehead atoms. The van der Waals surface area contributed by atoms with Crippen LogP contribution in [-0.4, -0.2) is 21.7 Å². The van der Waals surface area contributed by atoms with Crippen LogP contribution in [0.1, 0.15) is 24.5 Å². The molecule has 0 aliphatic carbocycles. The van der Waals surface area contributed by atoms with Gasteiger partial charge in [-0.05, 0) is 47.9 Å². The van der Waals surface area contributed by atoms with Crippen LogP contribution in [0.15, 0.2) is 53.4 Å². The molecule has 6 heteroatoms. The van der Waals surface area contributed by atoms with Crippen LogP contribution in [0.3, 0.4) is 0 Å². The zero-order valence-corrected chi connectivity index (χ0v) is 15.9. The van der Waals surface area contributed by atoms with Crippen molar-refractivity contribution in [3.63, 3.8) is 0 Å². The average molecular weight is 388 g/mol. The van der Waals surface area contributed by atoms with Gasteiger partial charge in [0.15, 0.2) is 0 Å². The first-order chi connectivity index (χ1) is 12.6. The topological polar surface area (TPSA) is 29.5 Å². The second kappa shape index (κ2) is 8.47. The Bertz CT molecular complexity index is 849. The van der Waals surface area contributed by atoms with Gasteiger partial charge in [0.05, 0.1) is 4.91 Å². The lowest BCUT2D eigenvalue weighted by atomic mass is 10.2. The molecule has 1 aliphatic rings. The highest BCUT2D eigenvalue weighted by Gasteiger charge is 2.31. The van der Waals surface area contributed by atoms with Crippen molar-refractivity contribution in [1.29, 1.82) is 0 Å². The number of amides is 1. The average Bonchev–Trinajstić information content (AvgIpc) is 2.89. The minimum Gasteiger partial charge on any atom is -0.489 e. The molecule has 1 amide bonds.